The summed E-state index contributed by atoms with van der Waals surface area (Å²) in [7, 11) is 0. The van der Waals surface area contributed by atoms with Crippen molar-refractivity contribution in [2.45, 2.75) is 26.4 Å². The lowest BCUT2D eigenvalue weighted by Crippen LogP contribution is -2.27. The van der Waals surface area contributed by atoms with Crippen LogP contribution in [-0.2, 0) is 4.74 Å². The molecule has 7 heteroatoms. The number of nitrogens with zero attached hydrogens (tertiary/aromatic N) is 1. The van der Waals surface area contributed by atoms with Crippen LogP contribution in [0.4, 0.5) is 10.6 Å². The molecule has 2 rings (SSSR count). The van der Waals surface area contributed by atoms with Gasteiger partial charge in [-0.1, -0.05) is 0 Å². The summed E-state index contributed by atoms with van der Waals surface area (Å²) in [5, 5.41) is 11.3. The van der Waals surface area contributed by atoms with Crippen molar-refractivity contribution in [1.29, 1.82) is 0 Å². The molecule has 0 aromatic carbocycles. The summed E-state index contributed by atoms with van der Waals surface area (Å²) < 4.78 is 10.3. The third-order valence-electron chi connectivity index (χ3n) is 2.49. The molecule has 7 nitrogen and oxygen atoms in total. The van der Waals surface area contributed by atoms with Crippen LogP contribution in [0.15, 0.2) is 34.9 Å². The summed E-state index contributed by atoms with van der Waals surface area (Å²) >= 11 is 0. The number of carboxylic acids is 1. The van der Waals surface area contributed by atoms with Crippen LogP contribution in [0.25, 0.3) is 11.3 Å². The van der Waals surface area contributed by atoms with Gasteiger partial charge in [-0.3, -0.25) is 5.32 Å². The SMILES string of the molecule is CC(C)(C)OC(=O)Nc1ccc(-c2ccc(C(=O)O)o2)cn1. The van der Waals surface area contributed by atoms with Crippen molar-refractivity contribution >= 4 is 17.9 Å². The van der Waals surface area contributed by atoms with Gasteiger partial charge >= 0.3 is 12.1 Å². The van der Waals surface area contributed by atoms with E-state index in [2.05, 4.69) is 10.3 Å². The number of hydrogen-bond acceptors (Lipinski definition) is 5. The molecule has 0 atom stereocenters. The molecule has 2 heterocycles. The standard InChI is InChI=1S/C15H16N2O5/c1-15(2,3)22-14(20)17-12-7-4-9(8-16-12)10-5-6-11(21-10)13(18)19/h4-8H,1-3H3,(H,18,19)(H,16,17,20). The summed E-state index contributed by atoms with van der Waals surface area (Å²) in [5.74, 6) is -0.579. The van der Waals surface area contributed by atoms with Gasteiger partial charge in [-0.25, -0.2) is 14.6 Å². The molecule has 116 valence electrons. The van der Waals surface area contributed by atoms with Gasteiger partial charge < -0.3 is 14.3 Å². The van der Waals surface area contributed by atoms with Crippen LogP contribution in [-0.4, -0.2) is 27.8 Å². The number of amides is 1. The maximum Gasteiger partial charge on any atom is 0.413 e. The first kappa shape index (κ1) is 15.6. The van der Waals surface area contributed by atoms with E-state index in [1.165, 1.54) is 12.3 Å². The number of anilines is 1. The van der Waals surface area contributed by atoms with Gasteiger partial charge in [-0.2, -0.15) is 0 Å². The second-order valence-corrected chi connectivity index (χ2v) is 5.53. The maximum atomic E-state index is 11.6. The Morgan fingerprint density at radius 1 is 1.23 bits per heavy atom. The maximum absolute atomic E-state index is 11.6. The molecule has 0 bridgehead atoms. The lowest BCUT2D eigenvalue weighted by molar-refractivity contribution is 0.0631. The van der Waals surface area contributed by atoms with Gasteiger partial charge in [0, 0.05) is 11.8 Å². The molecule has 0 unspecified atom stereocenters. The minimum absolute atomic E-state index is 0.147. The van der Waals surface area contributed by atoms with E-state index in [0.29, 0.717) is 17.1 Å². The number of nitrogens with one attached hydrogen (secondary N) is 1. The number of carbonyl (C=O) groups excluding carboxylic acids is 1. The molecule has 2 N–H and O–H groups in total. The van der Waals surface area contributed by atoms with Crippen LogP contribution in [0.5, 0.6) is 0 Å². The topological polar surface area (TPSA) is 102 Å². The molecule has 22 heavy (non-hydrogen) atoms. The fourth-order valence-electron chi connectivity index (χ4n) is 1.63. The van der Waals surface area contributed by atoms with E-state index in [1.54, 1.807) is 39.0 Å². The van der Waals surface area contributed by atoms with Crippen LogP contribution >= 0.6 is 0 Å². The Labute approximate surface area is 126 Å². The average molecular weight is 304 g/mol. The van der Waals surface area contributed by atoms with Crippen molar-refractivity contribution in [3.8, 4) is 11.3 Å². The number of rotatable bonds is 3. The van der Waals surface area contributed by atoms with Gasteiger partial charge in [-0.15, -0.1) is 0 Å². The zero-order valence-electron chi connectivity index (χ0n) is 12.4. The molecule has 0 saturated heterocycles. The Morgan fingerprint density at radius 3 is 2.45 bits per heavy atom. The Kier molecular flexibility index (Phi) is 4.16. The molecular formula is C15H16N2O5. The van der Waals surface area contributed by atoms with Crippen molar-refractivity contribution in [1.82, 2.24) is 4.98 Å². The molecule has 0 aliphatic rings. The first-order valence-electron chi connectivity index (χ1n) is 6.54. The predicted octanol–water partition coefficient (Wildman–Crippen LogP) is 3.39. The van der Waals surface area contributed by atoms with Crippen molar-refractivity contribution in [2.24, 2.45) is 0 Å². The van der Waals surface area contributed by atoms with Gasteiger partial charge in [0.2, 0.25) is 5.76 Å². The van der Waals surface area contributed by atoms with Crippen LogP contribution in [0.1, 0.15) is 31.3 Å². The van der Waals surface area contributed by atoms with E-state index in [-0.39, 0.29) is 5.76 Å². The first-order valence-corrected chi connectivity index (χ1v) is 6.54. The van der Waals surface area contributed by atoms with Crippen molar-refractivity contribution in [3.05, 3.63) is 36.2 Å². The van der Waals surface area contributed by atoms with Crippen LogP contribution < -0.4 is 5.32 Å². The number of aromatic carboxylic acids is 1. The van der Waals surface area contributed by atoms with Gasteiger partial charge in [-0.05, 0) is 45.0 Å². The van der Waals surface area contributed by atoms with Gasteiger partial charge in [0.25, 0.3) is 0 Å². The summed E-state index contributed by atoms with van der Waals surface area (Å²) in [6, 6.07) is 6.14. The largest absolute Gasteiger partial charge is 0.475 e. The summed E-state index contributed by atoms with van der Waals surface area (Å²) in [6.07, 6.45) is 0.871. The van der Waals surface area contributed by atoms with E-state index in [4.69, 9.17) is 14.3 Å². The van der Waals surface area contributed by atoms with Gasteiger partial charge in [0.1, 0.15) is 17.2 Å². The average Bonchev–Trinajstić information content (AvgIpc) is 2.87. The third-order valence-corrected chi connectivity index (χ3v) is 2.49. The number of furan rings is 1. The number of hydrogen-bond donors (Lipinski definition) is 2. The minimum atomic E-state index is -1.14. The van der Waals surface area contributed by atoms with E-state index >= 15 is 0 Å². The second kappa shape index (κ2) is 5.88. The summed E-state index contributed by atoms with van der Waals surface area (Å²) in [4.78, 5) is 26.4. The molecule has 0 radical (unpaired) electrons. The minimum Gasteiger partial charge on any atom is -0.475 e. The van der Waals surface area contributed by atoms with Crippen molar-refractivity contribution in [3.63, 3.8) is 0 Å². The second-order valence-electron chi connectivity index (χ2n) is 5.53. The lowest BCUT2D eigenvalue weighted by atomic mass is 10.2. The third kappa shape index (κ3) is 4.08. The zero-order chi connectivity index (χ0) is 16.3. The Morgan fingerprint density at radius 2 is 1.95 bits per heavy atom. The normalized spacial score (nSPS) is 11.0. The molecule has 2 aromatic heterocycles. The van der Waals surface area contributed by atoms with E-state index in [9.17, 15) is 9.59 Å². The number of ether oxygens (including phenoxy) is 1. The lowest BCUT2D eigenvalue weighted by Gasteiger charge is -2.19. The highest BCUT2D eigenvalue weighted by Gasteiger charge is 2.16. The zero-order valence-corrected chi connectivity index (χ0v) is 12.4. The van der Waals surface area contributed by atoms with Crippen molar-refractivity contribution < 1.29 is 23.8 Å². The predicted molar refractivity (Wildman–Crippen MR) is 78.8 cm³/mol. The van der Waals surface area contributed by atoms with E-state index in [0.717, 1.165) is 0 Å². The molecule has 0 aliphatic heterocycles. The number of pyridine rings is 1. The highest BCUT2D eigenvalue weighted by atomic mass is 16.6. The molecule has 2 aromatic rings. The first-order chi connectivity index (χ1) is 10.2. The number of carbonyl (C=O) groups is 2. The van der Waals surface area contributed by atoms with Crippen LogP contribution in [0.3, 0.4) is 0 Å². The Balaban J connectivity index is 2.06. The Hall–Kier alpha value is -2.83. The summed E-state index contributed by atoms with van der Waals surface area (Å²) in [6.45, 7) is 5.29. The van der Waals surface area contributed by atoms with Crippen molar-refractivity contribution in [2.75, 3.05) is 5.32 Å². The molecule has 1 amide bonds. The van der Waals surface area contributed by atoms with Gasteiger partial charge in [0.15, 0.2) is 0 Å². The fourth-order valence-corrected chi connectivity index (χ4v) is 1.63. The number of aromatic nitrogens is 1. The number of carboxylic acid groups (broad SMARTS) is 1. The molecular weight excluding hydrogens is 288 g/mol. The van der Waals surface area contributed by atoms with Gasteiger partial charge in [0.05, 0.1) is 0 Å². The Bertz CT molecular complexity index is 683. The smallest absolute Gasteiger partial charge is 0.413 e. The highest BCUT2D eigenvalue weighted by Crippen LogP contribution is 2.22. The molecule has 0 saturated carbocycles. The molecule has 0 aliphatic carbocycles. The molecule has 0 spiro atoms. The fraction of sp³-hybridized carbons (Fsp3) is 0.267. The van der Waals surface area contributed by atoms with Crippen LogP contribution in [0.2, 0.25) is 0 Å². The monoisotopic (exact) mass is 304 g/mol. The van der Waals surface area contributed by atoms with Crippen LogP contribution in [0, 0.1) is 0 Å². The summed E-state index contributed by atoms with van der Waals surface area (Å²) in [5.41, 5.74) is 0.00746. The molecule has 0 fully saturated rings. The highest BCUT2D eigenvalue weighted by molar-refractivity contribution is 5.85. The quantitative estimate of drug-likeness (QED) is 0.901. The van der Waals surface area contributed by atoms with E-state index in [1.807, 2.05) is 0 Å². The van der Waals surface area contributed by atoms with E-state index < -0.39 is 17.7 Å².